The van der Waals surface area contributed by atoms with E-state index in [-0.39, 0.29) is 0 Å². The number of hydrogen-bond acceptors (Lipinski definition) is 0. The van der Waals surface area contributed by atoms with E-state index in [0.29, 0.717) is 0 Å². The Morgan fingerprint density at radius 3 is 1.94 bits per heavy atom. The van der Waals surface area contributed by atoms with Gasteiger partial charge in [-0.05, 0) is 25.0 Å². The Morgan fingerprint density at radius 2 is 1.56 bits per heavy atom. The highest BCUT2D eigenvalue weighted by Crippen LogP contribution is 2.12. The van der Waals surface area contributed by atoms with Crippen molar-refractivity contribution in [2.24, 2.45) is 0 Å². The molecule has 0 radical (unpaired) electrons. The van der Waals surface area contributed by atoms with Crippen molar-refractivity contribution in [1.29, 1.82) is 0 Å². The van der Waals surface area contributed by atoms with Gasteiger partial charge in [-0.3, -0.25) is 0 Å². The minimum atomic E-state index is 1.11. The molecule has 0 heteroatoms. The third kappa shape index (κ3) is 7.81. The Bertz CT molecular complexity index is 296. The van der Waals surface area contributed by atoms with Crippen molar-refractivity contribution in [3.63, 3.8) is 0 Å². The highest BCUT2D eigenvalue weighted by molar-refractivity contribution is 5.47. The van der Waals surface area contributed by atoms with E-state index in [9.17, 15) is 0 Å². The molecule has 0 saturated carbocycles. The molecule has 0 amide bonds. The van der Waals surface area contributed by atoms with Crippen LogP contribution in [0.3, 0.4) is 0 Å². The second-order valence-electron chi connectivity index (χ2n) is 2.69. The minimum absolute atomic E-state index is 1.11. The molecule has 0 nitrogen and oxygen atoms in total. The Morgan fingerprint density at radius 1 is 0.938 bits per heavy atom. The summed E-state index contributed by atoms with van der Waals surface area (Å²) in [4.78, 5) is 0. The average molecular weight is 216 g/mol. The molecule has 0 N–H and O–H groups in total. The molecule has 16 heavy (non-hydrogen) atoms. The van der Waals surface area contributed by atoms with Crippen LogP contribution in [0, 0.1) is 0 Å². The molecular formula is C16H24. The summed E-state index contributed by atoms with van der Waals surface area (Å²) >= 11 is 0. The molecule has 0 aliphatic carbocycles. The standard InChI is InChI=1S/C14H18.C2H6/c1-5-9-11-13(7-3)14(8-4)12-10-6-2;1-2/h5-12H,1,4H2,2-3H3;1-2H3/b10-6-,11-9-,13-7+,14-12+;. The van der Waals surface area contributed by atoms with Gasteiger partial charge in [-0.1, -0.05) is 75.6 Å². The van der Waals surface area contributed by atoms with Crippen LogP contribution >= 0.6 is 0 Å². The van der Waals surface area contributed by atoms with Crippen molar-refractivity contribution in [3.8, 4) is 0 Å². The molecule has 0 aromatic rings. The first-order valence-electron chi connectivity index (χ1n) is 5.71. The zero-order chi connectivity index (χ0) is 12.8. The third-order valence-electron chi connectivity index (χ3n) is 1.74. The van der Waals surface area contributed by atoms with Gasteiger partial charge in [0, 0.05) is 0 Å². The molecule has 0 aromatic heterocycles. The molecule has 0 heterocycles. The molecule has 0 spiro atoms. The van der Waals surface area contributed by atoms with E-state index in [0.717, 1.165) is 11.1 Å². The molecule has 0 rings (SSSR count). The summed E-state index contributed by atoms with van der Waals surface area (Å²) in [5, 5.41) is 0. The third-order valence-corrected chi connectivity index (χ3v) is 1.74. The van der Waals surface area contributed by atoms with Crippen molar-refractivity contribution in [2.45, 2.75) is 27.7 Å². The second-order valence-corrected chi connectivity index (χ2v) is 2.69. The zero-order valence-corrected chi connectivity index (χ0v) is 11.0. The van der Waals surface area contributed by atoms with Crippen molar-refractivity contribution < 1.29 is 0 Å². The molecule has 0 atom stereocenters. The maximum atomic E-state index is 3.79. The van der Waals surface area contributed by atoms with Crippen LogP contribution < -0.4 is 0 Å². The normalized spacial score (nSPS) is 12.5. The smallest absolute Gasteiger partial charge is 0.0193 e. The average Bonchev–Trinajstić information content (AvgIpc) is 2.36. The van der Waals surface area contributed by atoms with Crippen LogP contribution in [0.25, 0.3) is 0 Å². The predicted molar refractivity (Wildman–Crippen MR) is 77.5 cm³/mol. The molecule has 0 unspecified atom stereocenters. The zero-order valence-electron chi connectivity index (χ0n) is 11.0. The summed E-state index contributed by atoms with van der Waals surface area (Å²) in [7, 11) is 0. The summed E-state index contributed by atoms with van der Waals surface area (Å²) in [5.41, 5.74) is 2.27. The summed E-state index contributed by atoms with van der Waals surface area (Å²) in [5.74, 6) is 0. The fourth-order valence-corrected chi connectivity index (χ4v) is 1.01. The van der Waals surface area contributed by atoms with E-state index < -0.39 is 0 Å². The highest BCUT2D eigenvalue weighted by atomic mass is 14.0. The SMILES string of the molecule is C=C\C=C/C(=C\C)C(/C=C)=C/C=C\C.CC. The van der Waals surface area contributed by atoms with Crippen LogP contribution in [-0.4, -0.2) is 0 Å². The first-order chi connectivity index (χ1) is 7.79. The van der Waals surface area contributed by atoms with E-state index in [1.165, 1.54) is 0 Å². The molecule has 0 aromatic carbocycles. The van der Waals surface area contributed by atoms with E-state index >= 15 is 0 Å². The fraction of sp³-hybridized carbons (Fsp3) is 0.250. The Kier molecular flexibility index (Phi) is 14.2. The van der Waals surface area contributed by atoms with Gasteiger partial charge in [0.2, 0.25) is 0 Å². The van der Waals surface area contributed by atoms with Crippen LogP contribution in [-0.2, 0) is 0 Å². The minimum Gasteiger partial charge on any atom is -0.0991 e. The highest BCUT2D eigenvalue weighted by Gasteiger charge is 1.93. The summed E-state index contributed by atoms with van der Waals surface area (Å²) in [6.45, 7) is 15.4. The van der Waals surface area contributed by atoms with Crippen LogP contribution in [0.5, 0.6) is 0 Å². The number of hydrogen-bond donors (Lipinski definition) is 0. The number of rotatable bonds is 5. The van der Waals surface area contributed by atoms with Gasteiger partial charge in [0.1, 0.15) is 0 Å². The van der Waals surface area contributed by atoms with Crippen molar-refractivity contribution in [2.75, 3.05) is 0 Å². The van der Waals surface area contributed by atoms with Gasteiger partial charge >= 0.3 is 0 Å². The van der Waals surface area contributed by atoms with Gasteiger partial charge in [0.25, 0.3) is 0 Å². The van der Waals surface area contributed by atoms with Crippen molar-refractivity contribution in [1.82, 2.24) is 0 Å². The van der Waals surface area contributed by atoms with Crippen molar-refractivity contribution in [3.05, 3.63) is 72.9 Å². The fourth-order valence-electron chi connectivity index (χ4n) is 1.01. The molecule has 0 aliphatic heterocycles. The molecule has 0 bridgehead atoms. The summed E-state index contributed by atoms with van der Waals surface area (Å²) < 4.78 is 0. The topological polar surface area (TPSA) is 0 Å². The first-order valence-corrected chi connectivity index (χ1v) is 5.71. The van der Waals surface area contributed by atoms with Gasteiger partial charge in [-0.15, -0.1) is 0 Å². The Labute approximate surface area is 101 Å². The number of allylic oxidation sites excluding steroid dienone is 10. The molecule has 0 fully saturated rings. The maximum absolute atomic E-state index is 3.79. The van der Waals surface area contributed by atoms with Crippen molar-refractivity contribution >= 4 is 0 Å². The Balaban J connectivity index is 0. The van der Waals surface area contributed by atoms with E-state index in [1.807, 2.05) is 64.2 Å². The lowest BCUT2D eigenvalue weighted by Gasteiger charge is -2.00. The monoisotopic (exact) mass is 216 g/mol. The van der Waals surface area contributed by atoms with Gasteiger partial charge in [-0.25, -0.2) is 0 Å². The Hall–Kier alpha value is -1.56. The lowest BCUT2D eigenvalue weighted by Crippen LogP contribution is -1.81. The lowest BCUT2D eigenvalue weighted by molar-refractivity contribution is 1.50. The van der Waals surface area contributed by atoms with Crippen LogP contribution in [0.1, 0.15) is 27.7 Å². The first kappa shape index (κ1) is 16.9. The quantitative estimate of drug-likeness (QED) is 0.540. The molecule has 0 saturated heterocycles. The van der Waals surface area contributed by atoms with Crippen LogP contribution in [0.4, 0.5) is 0 Å². The van der Waals surface area contributed by atoms with Crippen LogP contribution in [0.2, 0.25) is 0 Å². The van der Waals surface area contributed by atoms with Gasteiger partial charge in [-0.2, -0.15) is 0 Å². The van der Waals surface area contributed by atoms with E-state index in [2.05, 4.69) is 19.2 Å². The van der Waals surface area contributed by atoms with Gasteiger partial charge in [0.15, 0.2) is 0 Å². The largest absolute Gasteiger partial charge is 0.0991 e. The van der Waals surface area contributed by atoms with E-state index in [4.69, 9.17) is 0 Å². The molecule has 88 valence electrons. The van der Waals surface area contributed by atoms with E-state index in [1.54, 1.807) is 6.08 Å². The second kappa shape index (κ2) is 13.4. The summed E-state index contributed by atoms with van der Waals surface area (Å²) in [6, 6.07) is 0. The molecular weight excluding hydrogens is 192 g/mol. The van der Waals surface area contributed by atoms with Gasteiger partial charge < -0.3 is 0 Å². The summed E-state index contributed by atoms with van der Waals surface area (Å²) in [6.07, 6.45) is 15.6. The molecule has 0 aliphatic rings. The van der Waals surface area contributed by atoms with Crippen LogP contribution in [0.15, 0.2) is 72.9 Å². The lowest BCUT2D eigenvalue weighted by atomic mass is 10.0. The maximum Gasteiger partial charge on any atom is -0.0193 e. The predicted octanol–water partition coefficient (Wildman–Crippen LogP) is 5.39. The van der Waals surface area contributed by atoms with Gasteiger partial charge in [0.05, 0.1) is 0 Å².